The van der Waals surface area contributed by atoms with Gasteiger partial charge in [0.25, 0.3) is 0 Å². The molecule has 0 fully saturated rings. The van der Waals surface area contributed by atoms with Crippen LogP contribution in [-0.2, 0) is 14.8 Å². The summed E-state index contributed by atoms with van der Waals surface area (Å²) < 4.78 is 27.1. The van der Waals surface area contributed by atoms with E-state index in [0.29, 0.717) is 0 Å². The molecule has 2 rings (SSSR count). The topological polar surface area (TPSA) is 75.3 Å². The maximum Gasteiger partial charge on any atom is 0.240 e. The van der Waals surface area contributed by atoms with Crippen molar-refractivity contribution in [3.05, 3.63) is 58.7 Å². The number of hydrogen-bond acceptors (Lipinski definition) is 3. The van der Waals surface area contributed by atoms with Gasteiger partial charge in [0.15, 0.2) is 0 Å². The Bertz CT molecular complexity index is 890. The van der Waals surface area contributed by atoms with Crippen LogP contribution in [0, 0.1) is 27.7 Å². The third-order valence-electron chi connectivity index (χ3n) is 4.10. The maximum atomic E-state index is 12.3. The first-order valence-electron chi connectivity index (χ1n) is 8.13. The highest BCUT2D eigenvalue weighted by Crippen LogP contribution is 2.17. The van der Waals surface area contributed by atoms with Crippen LogP contribution in [0.25, 0.3) is 0 Å². The average Bonchev–Trinajstić information content (AvgIpc) is 2.53. The predicted molar refractivity (Wildman–Crippen MR) is 100 cm³/mol. The number of sulfonamides is 1. The van der Waals surface area contributed by atoms with Crippen molar-refractivity contribution >= 4 is 21.6 Å². The van der Waals surface area contributed by atoms with Crippen molar-refractivity contribution in [2.24, 2.45) is 0 Å². The van der Waals surface area contributed by atoms with Crippen LogP contribution in [-0.4, -0.2) is 20.9 Å². The molecule has 0 aliphatic heterocycles. The third-order valence-corrected chi connectivity index (χ3v) is 5.56. The van der Waals surface area contributed by atoms with Gasteiger partial charge in [0, 0.05) is 18.7 Å². The van der Waals surface area contributed by atoms with E-state index in [0.717, 1.165) is 27.9 Å². The molecule has 0 spiro atoms. The fourth-order valence-electron chi connectivity index (χ4n) is 2.35. The van der Waals surface area contributed by atoms with E-state index < -0.39 is 10.0 Å². The molecule has 0 atom stereocenters. The second-order valence-corrected chi connectivity index (χ2v) is 8.03. The molecule has 0 heterocycles. The quantitative estimate of drug-likeness (QED) is 0.830. The molecule has 1 amide bonds. The number of aryl methyl sites for hydroxylation is 4. The molecule has 0 aliphatic carbocycles. The van der Waals surface area contributed by atoms with Crippen LogP contribution in [0.1, 0.15) is 28.7 Å². The zero-order valence-corrected chi connectivity index (χ0v) is 15.8. The number of carbonyl (C=O) groups excluding carboxylic acids is 1. The van der Waals surface area contributed by atoms with Gasteiger partial charge in [-0.25, -0.2) is 13.1 Å². The summed E-state index contributed by atoms with van der Waals surface area (Å²) in [5.74, 6) is -0.225. The number of carbonyl (C=O) groups is 1. The van der Waals surface area contributed by atoms with Gasteiger partial charge in [-0.15, -0.1) is 0 Å². The Kier molecular flexibility index (Phi) is 5.98. The molecule has 0 unspecified atom stereocenters. The summed E-state index contributed by atoms with van der Waals surface area (Å²) in [6.07, 6.45) is 0.0669. The summed E-state index contributed by atoms with van der Waals surface area (Å²) in [5, 5.41) is 2.82. The molecule has 25 heavy (non-hydrogen) atoms. The van der Waals surface area contributed by atoms with Crippen LogP contribution in [0.2, 0.25) is 0 Å². The normalized spacial score (nSPS) is 11.4. The molecule has 134 valence electrons. The van der Waals surface area contributed by atoms with Gasteiger partial charge in [-0.1, -0.05) is 18.2 Å². The molecule has 2 aromatic carbocycles. The SMILES string of the molecule is Cc1ccc(C)c(NC(=O)CCNS(=O)(=O)c2ccc(C)c(C)c2)c1. The Morgan fingerprint density at radius 2 is 1.60 bits per heavy atom. The lowest BCUT2D eigenvalue weighted by molar-refractivity contribution is -0.116. The van der Waals surface area contributed by atoms with Gasteiger partial charge < -0.3 is 5.32 Å². The molecule has 0 aromatic heterocycles. The molecule has 0 radical (unpaired) electrons. The van der Waals surface area contributed by atoms with Crippen LogP contribution < -0.4 is 10.0 Å². The Morgan fingerprint density at radius 1 is 0.920 bits per heavy atom. The monoisotopic (exact) mass is 360 g/mol. The summed E-state index contributed by atoms with van der Waals surface area (Å²) in [6, 6.07) is 10.8. The van der Waals surface area contributed by atoms with E-state index in [-0.39, 0.29) is 23.8 Å². The maximum absolute atomic E-state index is 12.3. The fraction of sp³-hybridized carbons (Fsp3) is 0.316. The minimum atomic E-state index is -3.61. The number of anilines is 1. The van der Waals surface area contributed by atoms with E-state index in [1.54, 1.807) is 18.2 Å². The van der Waals surface area contributed by atoms with Crippen LogP contribution in [0.15, 0.2) is 41.3 Å². The lowest BCUT2D eigenvalue weighted by atomic mass is 10.1. The van der Waals surface area contributed by atoms with Crippen LogP contribution in [0.5, 0.6) is 0 Å². The van der Waals surface area contributed by atoms with Crippen LogP contribution in [0.3, 0.4) is 0 Å². The highest BCUT2D eigenvalue weighted by molar-refractivity contribution is 7.89. The molecule has 0 aliphatic rings. The van der Waals surface area contributed by atoms with Gasteiger partial charge in [-0.2, -0.15) is 0 Å². The minimum Gasteiger partial charge on any atom is -0.326 e. The number of benzene rings is 2. The smallest absolute Gasteiger partial charge is 0.240 e. The summed E-state index contributed by atoms with van der Waals surface area (Å²) in [6.45, 7) is 7.71. The first kappa shape index (κ1) is 19.1. The molecule has 6 heteroatoms. The predicted octanol–water partition coefficient (Wildman–Crippen LogP) is 3.23. The van der Waals surface area contributed by atoms with E-state index in [4.69, 9.17) is 0 Å². The molecule has 5 nitrogen and oxygen atoms in total. The second kappa shape index (κ2) is 7.80. The van der Waals surface area contributed by atoms with Gasteiger partial charge in [-0.05, 0) is 68.1 Å². The van der Waals surface area contributed by atoms with Gasteiger partial charge in [0.05, 0.1) is 4.90 Å². The zero-order valence-electron chi connectivity index (χ0n) is 15.0. The summed E-state index contributed by atoms with van der Waals surface area (Å²) in [4.78, 5) is 12.3. The Hall–Kier alpha value is -2.18. The highest BCUT2D eigenvalue weighted by Gasteiger charge is 2.15. The van der Waals surface area contributed by atoms with Crippen molar-refractivity contribution < 1.29 is 13.2 Å². The second-order valence-electron chi connectivity index (χ2n) is 6.26. The zero-order chi connectivity index (χ0) is 18.6. The molecular weight excluding hydrogens is 336 g/mol. The average molecular weight is 360 g/mol. The summed E-state index contributed by atoms with van der Waals surface area (Å²) >= 11 is 0. The van der Waals surface area contributed by atoms with Crippen molar-refractivity contribution in [2.75, 3.05) is 11.9 Å². The largest absolute Gasteiger partial charge is 0.326 e. The number of rotatable bonds is 6. The standard InChI is InChI=1S/C19H24N2O3S/c1-13-5-6-15(3)18(11-13)21-19(22)9-10-20-25(23,24)17-8-7-14(2)16(4)12-17/h5-8,11-12,20H,9-10H2,1-4H3,(H,21,22). The van der Waals surface area contributed by atoms with Gasteiger partial charge >= 0.3 is 0 Å². The van der Waals surface area contributed by atoms with E-state index in [1.165, 1.54) is 0 Å². The van der Waals surface area contributed by atoms with E-state index in [2.05, 4.69) is 10.0 Å². The van der Waals surface area contributed by atoms with Crippen LogP contribution >= 0.6 is 0 Å². The molecule has 0 bridgehead atoms. The lowest BCUT2D eigenvalue weighted by Gasteiger charge is -2.11. The van der Waals surface area contributed by atoms with Crippen molar-refractivity contribution in [1.82, 2.24) is 4.72 Å². The van der Waals surface area contributed by atoms with Crippen molar-refractivity contribution in [3.63, 3.8) is 0 Å². The number of hydrogen-bond donors (Lipinski definition) is 2. The first-order chi connectivity index (χ1) is 11.7. The van der Waals surface area contributed by atoms with Gasteiger partial charge in [0.2, 0.25) is 15.9 Å². The molecule has 2 N–H and O–H groups in total. The van der Waals surface area contributed by atoms with Gasteiger partial charge in [-0.3, -0.25) is 4.79 Å². The van der Waals surface area contributed by atoms with Crippen molar-refractivity contribution in [1.29, 1.82) is 0 Å². The molecule has 0 saturated carbocycles. The highest BCUT2D eigenvalue weighted by atomic mass is 32.2. The van der Waals surface area contributed by atoms with E-state index in [1.807, 2.05) is 45.9 Å². The first-order valence-corrected chi connectivity index (χ1v) is 9.61. The minimum absolute atomic E-state index is 0.0476. The van der Waals surface area contributed by atoms with Gasteiger partial charge in [0.1, 0.15) is 0 Å². The fourth-order valence-corrected chi connectivity index (χ4v) is 3.46. The number of amides is 1. The third kappa shape index (κ3) is 5.14. The summed E-state index contributed by atoms with van der Waals surface area (Å²) in [5.41, 5.74) is 4.72. The van der Waals surface area contributed by atoms with Crippen molar-refractivity contribution in [3.8, 4) is 0 Å². The van der Waals surface area contributed by atoms with Crippen molar-refractivity contribution in [2.45, 2.75) is 39.0 Å². The van der Waals surface area contributed by atoms with E-state index >= 15 is 0 Å². The molecule has 0 saturated heterocycles. The molecular formula is C19H24N2O3S. The Labute approximate surface area is 149 Å². The Morgan fingerprint density at radius 3 is 2.28 bits per heavy atom. The number of nitrogens with one attached hydrogen (secondary N) is 2. The molecule has 2 aromatic rings. The summed E-state index contributed by atoms with van der Waals surface area (Å²) in [7, 11) is -3.61. The van der Waals surface area contributed by atoms with E-state index in [9.17, 15) is 13.2 Å². The lowest BCUT2D eigenvalue weighted by Crippen LogP contribution is -2.28. The van der Waals surface area contributed by atoms with Crippen LogP contribution in [0.4, 0.5) is 5.69 Å². The Balaban J connectivity index is 1.93.